The second-order valence-electron chi connectivity index (χ2n) is 5.88. The van der Waals surface area contributed by atoms with Crippen molar-refractivity contribution in [1.29, 1.82) is 0 Å². The molecule has 6 heteroatoms. The summed E-state index contributed by atoms with van der Waals surface area (Å²) in [5, 5.41) is 12.0. The molecule has 0 saturated heterocycles. The van der Waals surface area contributed by atoms with Crippen molar-refractivity contribution in [1.82, 2.24) is 0 Å². The number of rotatable bonds is 5. The van der Waals surface area contributed by atoms with E-state index in [-0.39, 0.29) is 23.1 Å². The van der Waals surface area contributed by atoms with Gasteiger partial charge in [0.15, 0.2) is 11.6 Å². The minimum absolute atomic E-state index is 0.0264. The van der Waals surface area contributed by atoms with Crippen LogP contribution in [0, 0.1) is 17.6 Å². The number of hydrogen-bond acceptors (Lipinski definition) is 2. The third-order valence-electron chi connectivity index (χ3n) is 3.89. The number of aromatic carboxylic acids is 1. The van der Waals surface area contributed by atoms with E-state index in [0.29, 0.717) is 11.1 Å². The molecular formula is C19H15F2NO3. The molecule has 1 fully saturated rings. The Morgan fingerprint density at radius 1 is 1.00 bits per heavy atom. The first-order valence-electron chi connectivity index (χ1n) is 7.75. The van der Waals surface area contributed by atoms with E-state index in [1.54, 1.807) is 18.2 Å². The first-order valence-corrected chi connectivity index (χ1v) is 7.75. The van der Waals surface area contributed by atoms with Gasteiger partial charge in [-0.3, -0.25) is 4.79 Å². The second kappa shape index (κ2) is 6.84. The number of carboxylic acids is 1. The highest BCUT2D eigenvalue weighted by atomic mass is 19.2. The quantitative estimate of drug-likeness (QED) is 0.800. The van der Waals surface area contributed by atoms with Crippen molar-refractivity contribution in [2.75, 3.05) is 5.32 Å². The molecule has 1 aliphatic carbocycles. The molecular weight excluding hydrogens is 328 g/mol. The van der Waals surface area contributed by atoms with Crippen LogP contribution in [0.5, 0.6) is 0 Å². The summed E-state index contributed by atoms with van der Waals surface area (Å²) >= 11 is 0. The van der Waals surface area contributed by atoms with Crippen molar-refractivity contribution in [2.45, 2.75) is 12.8 Å². The standard InChI is InChI=1S/C19H15F2NO3/c20-15-7-3-12(10-16(15)21)2-1-11-4-8-17(14(9-11)19(24)25)22-18(23)13-5-6-13/h1-4,7-10,13H,5-6H2,(H,22,23)(H,24,25). The van der Waals surface area contributed by atoms with Crippen LogP contribution in [0.3, 0.4) is 0 Å². The van der Waals surface area contributed by atoms with Gasteiger partial charge in [-0.05, 0) is 48.2 Å². The maximum atomic E-state index is 13.2. The smallest absolute Gasteiger partial charge is 0.337 e. The Hall–Kier alpha value is -3.02. The fourth-order valence-corrected chi connectivity index (χ4v) is 2.34. The minimum atomic E-state index is -1.16. The number of benzene rings is 2. The van der Waals surface area contributed by atoms with Crippen LogP contribution in [0.15, 0.2) is 36.4 Å². The number of anilines is 1. The van der Waals surface area contributed by atoms with Gasteiger partial charge in [0, 0.05) is 5.92 Å². The van der Waals surface area contributed by atoms with Gasteiger partial charge in [-0.2, -0.15) is 0 Å². The molecule has 4 nitrogen and oxygen atoms in total. The average molecular weight is 343 g/mol. The Morgan fingerprint density at radius 3 is 2.24 bits per heavy atom. The van der Waals surface area contributed by atoms with Crippen LogP contribution in [-0.2, 0) is 4.79 Å². The number of halogens is 2. The Balaban J connectivity index is 1.82. The monoisotopic (exact) mass is 343 g/mol. The molecule has 0 bridgehead atoms. The van der Waals surface area contributed by atoms with Gasteiger partial charge in [-0.25, -0.2) is 13.6 Å². The lowest BCUT2D eigenvalue weighted by atomic mass is 10.1. The van der Waals surface area contributed by atoms with Crippen LogP contribution >= 0.6 is 0 Å². The molecule has 25 heavy (non-hydrogen) atoms. The highest BCUT2D eigenvalue weighted by molar-refractivity contribution is 6.02. The lowest BCUT2D eigenvalue weighted by Crippen LogP contribution is -2.16. The molecule has 1 amide bonds. The highest BCUT2D eigenvalue weighted by Gasteiger charge is 2.30. The third-order valence-corrected chi connectivity index (χ3v) is 3.89. The first kappa shape index (κ1) is 16.8. The predicted octanol–water partition coefficient (Wildman–Crippen LogP) is 4.18. The largest absolute Gasteiger partial charge is 0.478 e. The number of carbonyl (C=O) groups excluding carboxylic acids is 1. The molecule has 128 valence electrons. The summed E-state index contributed by atoms with van der Waals surface area (Å²) in [5.41, 5.74) is 1.23. The van der Waals surface area contributed by atoms with E-state index in [1.165, 1.54) is 18.2 Å². The van der Waals surface area contributed by atoms with E-state index in [4.69, 9.17) is 0 Å². The summed E-state index contributed by atoms with van der Waals surface area (Å²) in [4.78, 5) is 23.3. The third kappa shape index (κ3) is 4.09. The summed E-state index contributed by atoms with van der Waals surface area (Å²) in [6.07, 6.45) is 4.78. The summed E-state index contributed by atoms with van der Waals surface area (Å²) in [5.74, 6) is -3.25. The first-order chi connectivity index (χ1) is 11.9. The molecule has 0 aromatic heterocycles. The van der Waals surface area contributed by atoms with Crippen molar-refractivity contribution < 1.29 is 23.5 Å². The lowest BCUT2D eigenvalue weighted by molar-refractivity contribution is -0.117. The second-order valence-corrected chi connectivity index (χ2v) is 5.88. The van der Waals surface area contributed by atoms with E-state index < -0.39 is 17.6 Å². The van der Waals surface area contributed by atoms with Gasteiger partial charge in [0.1, 0.15) is 0 Å². The zero-order valence-corrected chi connectivity index (χ0v) is 13.1. The van der Waals surface area contributed by atoms with Crippen LogP contribution < -0.4 is 5.32 Å². The zero-order valence-electron chi connectivity index (χ0n) is 13.1. The molecule has 2 aromatic rings. The van der Waals surface area contributed by atoms with Crippen molar-refractivity contribution in [2.24, 2.45) is 5.92 Å². The minimum Gasteiger partial charge on any atom is -0.478 e. The lowest BCUT2D eigenvalue weighted by Gasteiger charge is -2.09. The van der Waals surface area contributed by atoms with Gasteiger partial charge in [-0.15, -0.1) is 0 Å². The van der Waals surface area contributed by atoms with Gasteiger partial charge in [0.05, 0.1) is 11.3 Å². The van der Waals surface area contributed by atoms with Gasteiger partial charge in [0.2, 0.25) is 5.91 Å². The number of nitrogens with one attached hydrogen (secondary N) is 1. The molecule has 0 unspecified atom stereocenters. The molecule has 2 N–H and O–H groups in total. The van der Waals surface area contributed by atoms with Crippen molar-refractivity contribution in [3.8, 4) is 0 Å². The Morgan fingerprint density at radius 2 is 1.64 bits per heavy atom. The molecule has 0 radical (unpaired) electrons. The van der Waals surface area contributed by atoms with E-state index >= 15 is 0 Å². The molecule has 0 aliphatic heterocycles. The van der Waals surface area contributed by atoms with Gasteiger partial charge >= 0.3 is 5.97 Å². The fraction of sp³-hybridized carbons (Fsp3) is 0.158. The van der Waals surface area contributed by atoms with E-state index in [9.17, 15) is 23.5 Å². The van der Waals surface area contributed by atoms with Crippen molar-refractivity contribution in [3.63, 3.8) is 0 Å². The molecule has 1 saturated carbocycles. The molecule has 3 rings (SSSR count). The van der Waals surface area contributed by atoms with E-state index in [0.717, 1.165) is 25.0 Å². The maximum absolute atomic E-state index is 13.2. The van der Waals surface area contributed by atoms with Crippen LogP contribution in [0.1, 0.15) is 34.3 Å². The Kier molecular flexibility index (Phi) is 4.61. The molecule has 0 heterocycles. The van der Waals surface area contributed by atoms with Crippen LogP contribution in [0.2, 0.25) is 0 Å². The number of hydrogen-bond donors (Lipinski definition) is 2. The number of carboxylic acid groups (broad SMARTS) is 1. The molecule has 0 atom stereocenters. The summed E-state index contributed by atoms with van der Waals surface area (Å²) < 4.78 is 26.1. The average Bonchev–Trinajstić information content (AvgIpc) is 3.41. The van der Waals surface area contributed by atoms with Gasteiger partial charge < -0.3 is 10.4 Å². The number of amides is 1. The Bertz CT molecular complexity index is 873. The van der Waals surface area contributed by atoms with E-state index in [1.807, 2.05) is 0 Å². The van der Waals surface area contributed by atoms with Gasteiger partial charge in [0.25, 0.3) is 0 Å². The SMILES string of the molecule is O=C(O)c1cc(C=Cc2ccc(F)c(F)c2)ccc1NC(=O)C1CC1. The summed E-state index contributed by atoms with van der Waals surface area (Å²) in [7, 11) is 0. The van der Waals surface area contributed by atoms with Crippen LogP contribution in [-0.4, -0.2) is 17.0 Å². The topological polar surface area (TPSA) is 66.4 Å². The number of carbonyl (C=O) groups is 2. The van der Waals surface area contributed by atoms with Crippen molar-refractivity contribution in [3.05, 3.63) is 64.7 Å². The summed E-state index contributed by atoms with van der Waals surface area (Å²) in [6.45, 7) is 0. The van der Waals surface area contributed by atoms with Crippen LogP contribution in [0.4, 0.5) is 14.5 Å². The van der Waals surface area contributed by atoms with Crippen molar-refractivity contribution >= 4 is 29.7 Å². The molecule has 2 aromatic carbocycles. The van der Waals surface area contributed by atoms with Crippen LogP contribution in [0.25, 0.3) is 12.2 Å². The molecule has 0 spiro atoms. The van der Waals surface area contributed by atoms with E-state index in [2.05, 4.69) is 5.32 Å². The molecule has 1 aliphatic rings. The normalized spacial score (nSPS) is 13.8. The van der Waals surface area contributed by atoms with Gasteiger partial charge in [-0.1, -0.05) is 24.3 Å². The highest BCUT2D eigenvalue weighted by Crippen LogP contribution is 2.31. The fourth-order valence-electron chi connectivity index (χ4n) is 2.34. The maximum Gasteiger partial charge on any atom is 0.337 e. The predicted molar refractivity (Wildman–Crippen MR) is 90.0 cm³/mol. The zero-order chi connectivity index (χ0) is 18.0. The summed E-state index contributed by atoms with van der Waals surface area (Å²) in [6, 6.07) is 8.07. The Labute approximate surface area is 142 Å².